The quantitative estimate of drug-likeness (QED) is 0.723. The molecule has 3 aromatic rings. The summed E-state index contributed by atoms with van der Waals surface area (Å²) in [6.07, 6.45) is 0. The van der Waals surface area contributed by atoms with Crippen molar-refractivity contribution in [3.8, 4) is 16.2 Å². The van der Waals surface area contributed by atoms with Crippen LogP contribution in [0.15, 0.2) is 53.2 Å². The number of aromatic hydroxyl groups is 1. The zero-order chi connectivity index (χ0) is 13.1. The Kier molecular flexibility index (Phi) is 3.53. The molecule has 0 unspecified atom stereocenters. The molecule has 0 bridgehead atoms. The van der Waals surface area contributed by atoms with Gasteiger partial charge in [-0.2, -0.15) is 0 Å². The van der Waals surface area contributed by atoms with E-state index in [1.54, 1.807) is 34.8 Å². The van der Waals surface area contributed by atoms with E-state index < -0.39 is 0 Å². The van der Waals surface area contributed by atoms with Crippen LogP contribution in [0.25, 0.3) is 10.4 Å². The minimum Gasteiger partial charge on any atom is -0.508 e. The Morgan fingerprint density at radius 2 is 2.00 bits per heavy atom. The summed E-state index contributed by atoms with van der Waals surface area (Å²) < 4.78 is 0. The lowest BCUT2D eigenvalue weighted by Crippen LogP contribution is -1.96. The molecule has 2 N–H and O–H groups in total. The SMILES string of the molecule is Oc1cccc(NCc2cc(-c3cccs3)cs2)c1. The third-order valence-corrected chi connectivity index (χ3v) is 4.63. The molecule has 19 heavy (non-hydrogen) atoms. The maximum atomic E-state index is 9.40. The van der Waals surface area contributed by atoms with Crippen LogP contribution in [0.2, 0.25) is 0 Å². The zero-order valence-corrected chi connectivity index (χ0v) is 11.8. The van der Waals surface area contributed by atoms with E-state index in [2.05, 4.69) is 34.3 Å². The van der Waals surface area contributed by atoms with Crippen molar-refractivity contribution in [2.45, 2.75) is 6.54 Å². The number of nitrogens with one attached hydrogen (secondary N) is 1. The number of benzene rings is 1. The van der Waals surface area contributed by atoms with Gasteiger partial charge in [-0.25, -0.2) is 0 Å². The Bertz CT molecular complexity index is 658. The van der Waals surface area contributed by atoms with Crippen molar-refractivity contribution in [2.24, 2.45) is 0 Å². The molecule has 0 saturated heterocycles. The summed E-state index contributed by atoms with van der Waals surface area (Å²) in [6, 6.07) is 13.6. The summed E-state index contributed by atoms with van der Waals surface area (Å²) in [5, 5.41) is 17.0. The van der Waals surface area contributed by atoms with Gasteiger partial charge in [0.05, 0.1) is 0 Å². The minimum atomic E-state index is 0.287. The first-order valence-corrected chi connectivity index (χ1v) is 7.71. The maximum absolute atomic E-state index is 9.40. The van der Waals surface area contributed by atoms with E-state index in [-0.39, 0.29) is 5.75 Å². The van der Waals surface area contributed by atoms with Crippen LogP contribution in [0.5, 0.6) is 5.75 Å². The van der Waals surface area contributed by atoms with Gasteiger partial charge in [-0.05, 0) is 35.0 Å². The lowest BCUT2D eigenvalue weighted by molar-refractivity contribution is 0.475. The van der Waals surface area contributed by atoms with Gasteiger partial charge in [0.25, 0.3) is 0 Å². The molecule has 2 heterocycles. The lowest BCUT2D eigenvalue weighted by atomic mass is 10.2. The Morgan fingerprint density at radius 3 is 2.79 bits per heavy atom. The number of thiophene rings is 2. The Hall–Kier alpha value is -1.78. The molecule has 0 fully saturated rings. The smallest absolute Gasteiger partial charge is 0.117 e. The summed E-state index contributed by atoms with van der Waals surface area (Å²) >= 11 is 3.51. The van der Waals surface area contributed by atoms with Gasteiger partial charge in [-0.15, -0.1) is 22.7 Å². The van der Waals surface area contributed by atoms with Gasteiger partial charge in [0.2, 0.25) is 0 Å². The van der Waals surface area contributed by atoms with Crippen LogP contribution in [-0.2, 0) is 6.54 Å². The second-order valence-corrected chi connectivity index (χ2v) is 6.13. The van der Waals surface area contributed by atoms with Crippen LogP contribution in [0.1, 0.15) is 4.88 Å². The molecule has 4 heteroatoms. The number of hydrogen-bond donors (Lipinski definition) is 2. The molecule has 0 spiro atoms. The van der Waals surface area contributed by atoms with Gasteiger partial charge in [-0.1, -0.05) is 12.1 Å². The average molecular weight is 287 g/mol. The van der Waals surface area contributed by atoms with Gasteiger partial charge >= 0.3 is 0 Å². The minimum absolute atomic E-state index is 0.287. The first-order chi connectivity index (χ1) is 9.31. The Morgan fingerprint density at radius 1 is 1.05 bits per heavy atom. The second-order valence-electron chi connectivity index (χ2n) is 4.18. The largest absolute Gasteiger partial charge is 0.508 e. The van der Waals surface area contributed by atoms with Gasteiger partial charge in [-0.3, -0.25) is 0 Å². The average Bonchev–Trinajstić information content (AvgIpc) is 3.07. The summed E-state index contributed by atoms with van der Waals surface area (Å²) in [7, 11) is 0. The summed E-state index contributed by atoms with van der Waals surface area (Å²) in [5.41, 5.74) is 2.22. The van der Waals surface area contributed by atoms with Crippen LogP contribution in [0.3, 0.4) is 0 Å². The first-order valence-electron chi connectivity index (χ1n) is 5.95. The molecular weight excluding hydrogens is 274 g/mol. The van der Waals surface area contributed by atoms with Crippen molar-refractivity contribution in [1.82, 2.24) is 0 Å². The highest BCUT2D eigenvalue weighted by Gasteiger charge is 2.03. The van der Waals surface area contributed by atoms with E-state index in [4.69, 9.17) is 0 Å². The predicted octanol–water partition coefficient (Wildman–Crippen LogP) is 4.79. The number of phenolic OH excluding ortho intramolecular Hbond substituents is 1. The highest BCUT2D eigenvalue weighted by Crippen LogP contribution is 2.29. The highest BCUT2D eigenvalue weighted by molar-refractivity contribution is 7.14. The topological polar surface area (TPSA) is 32.3 Å². The van der Waals surface area contributed by atoms with E-state index >= 15 is 0 Å². The fraction of sp³-hybridized carbons (Fsp3) is 0.0667. The molecule has 0 saturated carbocycles. The first kappa shape index (κ1) is 12.3. The molecule has 0 amide bonds. The Labute approximate surface area is 120 Å². The molecule has 0 radical (unpaired) electrons. The molecule has 1 aromatic carbocycles. The normalized spacial score (nSPS) is 10.5. The lowest BCUT2D eigenvalue weighted by Gasteiger charge is -2.04. The molecule has 3 rings (SSSR count). The van der Waals surface area contributed by atoms with Crippen LogP contribution in [-0.4, -0.2) is 5.11 Å². The monoisotopic (exact) mass is 287 g/mol. The summed E-state index contributed by atoms with van der Waals surface area (Å²) in [5.74, 6) is 0.287. The van der Waals surface area contributed by atoms with E-state index in [0.717, 1.165) is 12.2 Å². The molecule has 2 aromatic heterocycles. The van der Waals surface area contributed by atoms with Crippen molar-refractivity contribution in [3.05, 3.63) is 58.1 Å². The fourth-order valence-corrected chi connectivity index (χ4v) is 3.46. The summed E-state index contributed by atoms with van der Waals surface area (Å²) in [6.45, 7) is 0.777. The third kappa shape index (κ3) is 2.97. The molecule has 0 atom stereocenters. The second kappa shape index (κ2) is 5.47. The van der Waals surface area contributed by atoms with Crippen molar-refractivity contribution in [1.29, 1.82) is 0 Å². The number of anilines is 1. The molecule has 0 aliphatic heterocycles. The van der Waals surface area contributed by atoms with Gasteiger partial charge in [0.1, 0.15) is 5.75 Å². The number of phenols is 1. The summed E-state index contributed by atoms with van der Waals surface area (Å²) in [4.78, 5) is 2.59. The zero-order valence-electron chi connectivity index (χ0n) is 10.2. The van der Waals surface area contributed by atoms with E-state index in [1.165, 1.54) is 15.3 Å². The molecule has 0 aliphatic carbocycles. The van der Waals surface area contributed by atoms with Gasteiger partial charge < -0.3 is 10.4 Å². The van der Waals surface area contributed by atoms with Crippen molar-refractivity contribution < 1.29 is 5.11 Å². The van der Waals surface area contributed by atoms with Gasteiger partial charge in [0.15, 0.2) is 0 Å². The van der Waals surface area contributed by atoms with Crippen LogP contribution in [0, 0.1) is 0 Å². The van der Waals surface area contributed by atoms with Crippen molar-refractivity contribution in [2.75, 3.05) is 5.32 Å². The van der Waals surface area contributed by atoms with E-state index in [9.17, 15) is 5.11 Å². The Balaban J connectivity index is 1.68. The molecular formula is C15H13NOS2. The van der Waals surface area contributed by atoms with Gasteiger partial charge in [0, 0.05) is 33.6 Å². The molecule has 0 aliphatic rings. The third-order valence-electron chi connectivity index (χ3n) is 2.77. The molecule has 2 nitrogen and oxygen atoms in total. The fourth-order valence-electron chi connectivity index (χ4n) is 1.85. The number of rotatable bonds is 4. The molecule has 96 valence electrons. The van der Waals surface area contributed by atoms with Crippen molar-refractivity contribution in [3.63, 3.8) is 0 Å². The van der Waals surface area contributed by atoms with Crippen LogP contribution < -0.4 is 5.32 Å². The van der Waals surface area contributed by atoms with E-state index in [1.807, 2.05) is 12.1 Å². The van der Waals surface area contributed by atoms with Crippen molar-refractivity contribution >= 4 is 28.4 Å². The maximum Gasteiger partial charge on any atom is 0.117 e. The predicted molar refractivity (Wildman–Crippen MR) is 83.1 cm³/mol. The standard InChI is InChI=1S/C15H13NOS2/c17-13-4-1-3-12(8-13)16-9-14-7-11(10-19-14)15-5-2-6-18-15/h1-8,10,16-17H,9H2. The number of hydrogen-bond acceptors (Lipinski definition) is 4. The van der Waals surface area contributed by atoms with E-state index in [0.29, 0.717) is 0 Å². The van der Waals surface area contributed by atoms with Crippen LogP contribution in [0.4, 0.5) is 5.69 Å². The highest BCUT2D eigenvalue weighted by atomic mass is 32.1. The van der Waals surface area contributed by atoms with Crippen LogP contribution >= 0.6 is 22.7 Å².